The Morgan fingerprint density at radius 2 is 1.44 bits per heavy atom. The molecule has 0 aliphatic carbocycles. The van der Waals surface area contributed by atoms with E-state index in [1.165, 1.54) is 0 Å². The van der Waals surface area contributed by atoms with Gasteiger partial charge in [-0.15, -0.1) is 0 Å². The maximum absolute atomic E-state index is 12.7. The van der Waals surface area contributed by atoms with E-state index in [2.05, 4.69) is 15.6 Å². The van der Waals surface area contributed by atoms with Crippen LogP contribution >= 0.6 is 0 Å². The molecule has 0 radical (unpaired) electrons. The van der Waals surface area contributed by atoms with Crippen LogP contribution in [0.3, 0.4) is 0 Å². The van der Waals surface area contributed by atoms with E-state index in [4.69, 9.17) is 0 Å². The number of carbonyl (C=O) groups is 2. The van der Waals surface area contributed by atoms with Gasteiger partial charge >= 0.3 is 0 Å². The molecule has 0 saturated carbocycles. The van der Waals surface area contributed by atoms with Gasteiger partial charge in [-0.1, -0.05) is 48.5 Å². The van der Waals surface area contributed by atoms with Gasteiger partial charge in [0.2, 0.25) is 5.91 Å². The number of benzene rings is 2. The Kier molecular flexibility index (Phi) is 6.30. The Hall–Kier alpha value is -3.47. The van der Waals surface area contributed by atoms with Crippen molar-refractivity contribution < 1.29 is 9.59 Å². The van der Waals surface area contributed by atoms with E-state index in [0.717, 1.165) is 11.1 Å². The fourth-order valence-corrected chi connectivity index (χ4v) is 2.70. The van der Waals surface area contributed by atoms with Crippen LogP contribution in [0.1, 0.15) is 21.5 Å². The molecule has 0 aliphatic heterocycles. The van der Waals surface area contributed by atoms with Crippen molar-refractivity contribution in [2.75, 3.05) is 0 Å². The number of nitrogens with zero attached hydrogens (tertiary/aromatic N) is 1. The van der Waals surface area contributed by atoms with E-state index >= 15 is 0 Å². The largest absolute Gasteiger partial charge is 0.350 e. The molecule has 1 aromatic heterocycles. The number of aromatic nitrogens is 1. The van der Waals surface area contributed by atoms with Gasteiger partial charge in [0.1, 0.15) is 6.04 Å². The van der Waals surface area contributed by atoms with Crippen LogP contribution in [0.4, 0.5) is 0 Å². The highest BCUT2D eigenvalue weighted by Crippen LogP contribution is 2.06. The van der Waals surface area contributed by atoms with Gasteiger partial charge in [0.25, 0.3) is 5.91 Å². The van der Waals surface area contributed by atoms with Gasteiger partial charge in [0.05, 0.1) is 0 Å². The van der Waals surface area contributed by atoms with Gasteiger partial charge in [-0.3, -0.25) is 14.6 Å². The lowest BCUT2D eigenvalue weighted by Crippen LogP contribution is -2.47. The van der Waals surface area contributed by atoms with Crippen LogP contribution in [0.15, 0.2) is 85.2 Å². The summed E-state index contributed by atoms with van der Waals surface area (Å²) in [6, 6.07) is 21.6. The van der Waals surface area contributed by atoms with Crippen molar-refractivity contribution in [1.29, 1.82) is 0 Å². The molecular weight excluding hydrogens is 338 g/mol. The number of rotatable bonds is 7. The normalized spacial score (nSPS) is 11.4. The van der Waals surface area contributed by atoms with E-state index in [-0.39, 0.29) is 11.8 Å². The third-order valence-corrected chi connectivity index (χ3v) is 4.16. The van der Waals surface area contributed by atoms with Crippen molar-refractivity contribution >= 4 is 11.8 Å². The predicted octanol–water partition coefficient (Wildman–Crippen LogP) is 2.74. The minimum Gasteiger partial charge on any atom is -0.350 e. The third-order valence-electron chi connectivity index (χ3n) is 4.16. The molecule has 0 aliphatic rings. The van der Waals surface area contributed by atoms with E-state index in [1.807, 2.05) is 48.5 Å². The van der Waals surface area contributed by atoms with Gasteiger partial charge < -0.3 is 10.6 Å². The fraction of sp³-hybridized carbons (Fsp3) is 0.136. The average molecular weight is 359 g/mol. The second-order valence-electron chi connectivity index (χ2n) is 6.16. The zero-order valence-electron chi connectivity index (χ0n) is 14.8. The van der Waals surface area contributed by atoms with Gasteiger partial charge in [0.15, 0.2) is 0 Å². The zero-order chi connectivity index (χ0) is 18.9. The van der Waals surface area contributed by atoms with Crippen molar-refractivity contribution in [3.05, 3.63) is 102 Å². The summed E-state index contributed by atoms with van der Waals surface area (Å²) in [5.74, 6) is -0.490. The highest BCUT2D eigenvalue weighted by Gasteiger charge is 2.21. The average Bonchev–Trinajstić information content (AvgIpc) is 2.73. The first-order chi connectivity index (χ1) is 13.2. The molecule has 0 saturated heterocycles. The molecule has 0 spiro atoms. The Bertz CT molecular complexity index is 868. The molecule has 1 unspecified atom stereocenters. The van der Waals surface area contributed by atoms with Gasteiger partial charge in [-0.2, -0.15) is 0 Å². The van der Waals surface area contributed by atoms with Gasteiger partial charge in [-0.25, -0.2) is 0 Å². The first-order valence-corrected chi connectivity index (χ1v) is 8.79. The Morgan fingerprint density at radius 1 is 0.815 bits per heavy atom. The lowest BCUT2D eigenvalue weighted by atomic mass is 10.0. The van der Waals surface area contributed by atoms with Crippen molar-refractivity contribution in [2.24, 2.45) is 0 Å². The van der Waals surface area contributed by atoms with E-state index in [9.17, 15) is 9.59 Å². The molecule has 5 heteroatoms. The lowest BCUT2D eigenvalue weighted by molar-refractivity contribution is -0.123. The summed E-state index contributed by atoms with van der Waals surface area (Å²) in [7, 11) is 0. The molecule has 1 atom stereocenters. The number of nitrogens with one attached hydrogen (secondary N) is 2. The van der Waals surface area contributed by atoms with Crippen LogP contribution in [0, 0.1) is 0 Å². The Balaban J connectivity index is 1.70. The quantitative estimate of drug-likeness (QED) is 0.681. The second kappa shape index (κ2) is 9.29. The molecule has 2 aromatic carbocycles. The Labute approximate surface area is 158 Å². The van der Waals surface area contributed by atoms with E-state index in [0.29, 0.717) is 18.5 Å². The molecule has 3 aromatic rings. The molecule has 3 rings (SSSR count). The van der Waals surface area contributed by atoms with Crippen molar-refractivity contribution in [2.45, 2.75) is 19.0 Å². The molecule has 5 nitrogen and oxygen atoms in total. The summed E-state index contributed by atoms with van der Waals surface area (Å²) in [4.78, 5) is 29.2. The van der Waals surface area contributed by atoms with Crippen LogP contribution in [-0.4, -0.2) is 22.8 Å². The number of carbonyl (C=O) groups excluding carboxylic acids is 2. The first-order valence-electron chi connectivity index (χ1n) is 8.79. The topological polar surface area (TPSA) is 71.1 Å². The van der Waals surface area contributed by atoms with Crippen LogP contribution in [0.2, 0.25) is 0 Å². The van der Waals surface area contributed by atoms with Crippen LogP contribution in [-0.2, 0) is 17.8 Å². The van der Waals surface area contributed by atoms with Crippen LogP contribution < -0.4 is 10.6 Å². The highest BCUT2D eigenvalue weighted by molar-refractivity contribution is 5.97. The molecule has 0 fully saturated rings. The monoisotopic (exact) mass is 359 g/mol. The number of amides is 2. The fourth-order valence-electron chi connectivity index (χ4n) is 2.70. The molecule has 1 heterocycles. The smallest absolute Gasteiger partial charge is 0.251 e. The maximum atomic E-state index is 12.7. The lowest BCUT2D eigenvalue weighted by Gasteiger charge is -2.19. The molecule has 27 heavy (non-hydrogen) atoms. The first kappa shape index (κ1) is 18.3. The SMILES string of the molecule is O=C(NC(Cc1ccccc1)C(=O)NCc1ccncc1)c1ccccc1. The van der Waals surface area contributed by atoms with Crippen molar-refractivity contribution in [3.8, 4) is 0 Å². The highest BCUT2D eigenvalue weighted by atomic mass is 16.2. The molecule has 0 bridgehead atoms. The Morgan fingerprint density at radius 3 is 2.11 bits per heavy atom. The minimum atomic E-state index is -0.665. The molecule has 2 N–H and O–H groups in total. The molecule has 136 valence electrons. The van der Waals surface area contributed by atoms with Crippen molar-refractivity contribution in [1.82, 2.24) is 15.6 Å². The maximum Gasteiger partial charge on any atom is 0.251 e. The predicted molar refractivity (Wildman–Crippen MR) is 104 cm³/mol. The van der Waals surface area contributed by atoms with E-state index in [1.54, 1.807) is 36.7 Å². The summed E-state index contributed by atoms with van der Waals surface area (Å²) in [6.07, 6.45) is 3.78. The summed E-state index contributed by atoms with van der Waals surface area (Å²) >= 11 is 0. The summed E-state index contributed by atoms with van der Waals surface area (Å²) in [5.41, 5.74) is 2.46. The standard InChI is InChI=1S/C22H21N3O2/c26-21(19-9-5-2-6-10-19)25-20(15-17-7-3-1-4-8-17)22(27)24-16-18-11-13-23-14-12-18/h1-14,20H,15-16H2,(H,24,27)(H,25,26). The van der Waals surface area contributed by atoms with Gasteiger partial charge in [-0.05, 0) is 35.4 Å². The third kappa shape index (κ3) is 5.51. The molecule has 2 amide bonds. The van der Waals surface area contributed by atoms with Crippen LogP contribution in [0.5, 0.6) is 0 Å². The van der Waals surface area contributed by atoms with Gasteiger partial charge in [0, 0.05) is 30.9 Å². The summed E-state index contributed by atoms with van der Waals surface area (Å²) in [6.45, 7) is 0.383. The second-order valence-corrected chi connectivity index (χ2v) is 6.16. The zero-order valence-corrected chi connectivity index (χ0v) is 14.8. The minimum absolute atomic E-state index is 0.222. The summed E-state index contributed by atoms with van der Waals surface area (Å²) < 4.78 is 0. The summed E-state index contributed by atoms with van der Waals surface area (Å²) in [5, 5.41) is 5.75. The molecular formula is C22H21N3O2. The number of pyridine rings is 1. The number of hydrogen-bond acceptors (Lipinski definition) is 3. The van der Waals surface area contributed by atoms with Crippen LogP contribution in [0.25, 0.3) is 0 Å². The number of hydrogen-bond donors (Lipinski definition) is 2. The van der Waals surface area contributed by atoms with E-state index < -0.39 is 6.04 Å². The van der Waals surface area contributed by atoms with Crippen molar-refractivity contribution in [3.63, 3.8) is 0 Å².